The standard InChI is InChI=1S/C21H21N.3C2H6/c1-16-2-4-17(5-3-16)14-18-6-8-19(9-7-18)15-20-10-12-21(22)13-11-20;3*1-2/h2-13H,14-15,22H2,1H3;3*1-2H3. The Hall–Kier alpha value is -2.54. The minimum Gasteiger partial charge on any atom is -0.399 e. The number of nitrogen functional groups attached to an aromatic ring is 1. The molecule has 0 aromatic heterocycles. The number of rotatable bonds is 4. The van der Waals surface area contributed by atoms with Crippen molar-refractivity contribution in [2.75, 3.05) is 5.73 Å². The van der Waals surface area contributed by atoms with Crippen LogP contribution in [0, 0.1) is 6.92 Å². The van der Waals surface area contributed by atoms with Crippen LogP contribution in [0.15, 0.2) is 72.8 Å². The Kier molecular flexibility index (Phi) is 14.1. The number of benzene rings is 3. The number of hydrogen-bond donors (Lipinski definition) is 1. The third-order valence-corrected chi connectivity index (χ3v) is 3.94. The van der Waals surface area contributed by atoms with Crippen molar-refractivity contribution in [1.82, 2.24) is 0 Å². The van der Waals surface area contributed by atoms with Crippen LogP contribution in [-0.4, -0.2) is 0 Å². The van der Waals surface area contributed by atoms with Crippen molar-refractivity contribution >= 4 is 5.69 Å². The fourth-order valence-corrected chi connectivity index (χ4v) is 2.59. The maximum atomic E-state index is 5.72. The van der Waals surface area contributed by atoms with Crippen molar-refractivity contribution in [2.24, 2.45) is 0 Å². The first-order valence-electron chi connectivity index (χ1n) is 10.7. The van der Waals surface area contributed by atoms with Crippen LogP contribution in [0.25, 0.3) is 0 Å². The molecule has 0 spiro atoms. The second kappa shape index (κ2) is 15.5. The van der Waals surface area contributed by atoms with Crippen LogP contribution in [0.3, 0.4) is 0 Å². The first-order chi connectivity index (χ1) is 13.7. The molecular formula is C27H39N. The highest BCUT2D eigenvalue weighted by Gasteiger charge is 1.99. The predicted octanol–water partition coefficient (Wildman–Crippen LogP) is 7.84. The average Bonchev–Trinajstić information content (AvgIpc) is 2.77. The van der Waals surface area contributed by atoms with Gasteiger partial charge in [0.1, 0.15) is 0 Å². The summed E-state index contributed by atoms with van der Waals surface area (Å²) in [7, 11) is 0. The molecule has 0 amide bonds. The predicted molar refractivity (Wildman–Crippen MR) is 128 cm³/mol. The van der Waals surface area contributed by atoms with E-state index < -0.39 is 0 Å². The molecule has 0 radical (unpaired) electrons. The summed E-state index contributed by atoms with van der Waals surface area (Å²) in [4.78, 5) is 0. The van der Waals surface area contributed by atoms with E-state index in [2.05, 4.69) is 67.6 Å². The summed E-state index contributed by atoms with van der Waals surface area (Å²) < 4.78 is 0. The van der Waals surface area contributed by atoms with Gasteiger partial charge < -0.3 is 5.73 Å². The van der Waals surface area contributed by atoms with E-state index >= 15 is 0 Å². The molecule has 3 rings (SSSR count). The van der Waals surface area contributed by atoms with Crippen LogP contribution in [-0.2, 0) is 12.8 Å². The molecule has 0 aliphatic carbocycles. The van der Waals surface area contributed by atoms with Gasteiger partial charge in [-0.2, -0.15) is 0 Å². The third-order valence-electron chi connectivity index (χ3n) is 3.94. The van der Waals surface area contributed by atoms with Gasteiger partial charge in [0.2, 0.25) is 0 Å². The lowest BCUT2D eigenvalue weighted by Gasteiger charge is -2.06. The highest BCUT2D eigenvalue weighted by Crippen LogP contribution is 2.15. The van der Waals surface area contributed by atoms with Gasteiger partial charge in [0, 0.05) is 5.69 Å². The molecule has 0 aliphatic rings. The van der Waals surface area contributed by atoms with Crippen molar-refractivity contribution < 1.29 is 0 Å². The van der Waals surface area contributed by atoms with E-state index in [0.29, 0.717) is 0 Å². The molecule has 0 unspecified atom stereocenters. The van der Waals surface area contributed by atoms with Crippen LogP contribution < -0.4 is 5.73 Å². The Bertz CT molecular complexity index is 656. The van der Waals surface area contributed by atoms with Crippen LogP contribution in [0.4, 0.5) is 5.69 Å². The molecule has 0 saturated carbocycles. The largest absolute Gasteiger partial charge is 0.399 e. The van der Waals surface area contributed by atoms with E-state index in [1.165, 1.54) is 27.8 Å². The highest BCUT2D eigenvalue weighted by molar-refractivity contribution is 5.41. The van der Waals surface area contributed by atoms with Gasteiger partial charge in [-0.15, -0.1) is 0 Å². The van der Waals surface area contributed by atoms with Crippen LogP contribution in [0.1, 0.15) is 69.4 Å². The average molecular weight is 378 g/mol. The Labute approximate surface area is 173 Å². The van der Waals surface area contributed by atoms with E-state index in [-0.39, 0.29) is 0 Å². The summed E-state index contributed by atoms with van der Waals surface area (Å²) in [6.07, 6.45) is 1.94. The topological polar surface area (TPSA) is 26.0 Å². The van der Waals surface area contributed by atoms with Crippen LogP contribution in [0.5, 0.6) is 0 Å². The van der Waals surface area contributed by atoms with Crippen molar-refractivity contribution in [3.05, 3.63) is 101 Å². The van der Waals surface area contributed by atoms with E-state index in [4.69, 9.17) is 5.73 Å². The van der Waals surface area contributed by atoms with Gasteiger partial charge in [-0.25, -0.2) is 0 Å². The Morgan fingerprint density at radius 3 is 1.04 bits per heavy atom. The Morgan fingerprint density at radius 1 is 0.464 bits per heavy atom. The summed E-state index contributed by atoms with van der Waals surface area (Å²) in [5.41, 5.74) is 13.2. The maximum Gasteiger partial charge on any atom is 0.0314 e. The molecule has 0 aliphatic heterocycles. The van der Waals surface area contributed by atoms with Gasteiger partial charge in [-0.1, -0.05) is 108 Å². The quantitative estimate of drug-likeness (QED) is 0.460. The lowest BCUT2D eigenvalue weighted by atomic mass is 10.00. The van der Waals surface area contributed by atoms with Gasteiger partial charge in [0.05, 0.1) is 0 Å². The normalized spacial score (nSPS) is 8.96. The minimum atomic E-state index is 0.817. The van der Waals surface area contributed by atoms with E-state index in [1.54, 1.807) is 0 Å². The van der Waals surface area contributed by atoms with Crippen molar-refractivity contribution in [3.63, 3.8) is 0 Å². The summed E-state index contributed by atoms with van der Waals surface area (Å²) in [6, 6.07) is 25.8. The Morgan fingerprint density at radius 2 is 0.714 bits per heavy atom. The number of anilines is 1. The number of aryl methyl sites for hydroxylation is 1. The Balaban J connectivity index is 0.00000111. The zero-order chi connectivity index (χ0) is 21.4. The monoisotopic (exact) mass is 377 g/mol. The van der Waals surface area contributed by atoms with Gasteiger partial charge in [-0.3, -0.25) is 0 Å². The molecule has 28 heavy (non-hydrogen) atoms. The second-order valence-corrected chi connectivity index (χ2v) is 5.90. The third kappa shape index (κ3) is 9.41. The number of nitrogens with two attached hydrogens (primary N) is 1. The van der Waals surface area contributed by atoms with Crippen LogP contribution >= 0.6 is 0 Å². The summed E-state index contributed by atoms with van der Waals surface area (Å²) >= 11 is 0. The fourth-order valence-electron chi connectivity index (χ4n) is 2.59. The van der Waals surface area contributed by atoms with Crippen molar-refractivity contribution in [2.45, 2.75) is 61.3 Å². The molecular weight excluding hydrogens is 338 g/mol. The number of hydrogen-bond acceptors (Lipinski definition) is 1. The first kappa shape index (κ1) is 25.5. The highest BCUT2D eigenvalue weighted by atomic mass is 14.5. The fraction of sp³-hybridized carbons (Fsp3) is 0.333. The summed E-state index contributed by atoms with van der Waals surface area (Å²) in [6.45, 7) is 14.1. The van der Waals surface area contributed by atoms with E-state index in [0.717, 1.165) is 18.5 Å². The zero-order valence-electron chi connectivity index (χ0n) is 18.9. The van der Waals surface area contributed by atoms with Crippen LogP contribution in [0.2, 0.25) is 0 Å². The summed E-state index contributed by atoms with van der Waals surface area (Å²) in [5, 5.41) is 0. The van der Waals surface area contributed by atoms with Gasteiger partial charge in [0.15, 0.2) is 0 Å². The van der Waals surface area contributed by atoms with E-state index in [1.807, 2.05) is 53.7 Å². The van der Waals surface area contributed by atoms with Gasteiger partial charge in [0.25, 0.3) is 0 Å². The molecule has 3 aromatic carbocycles. The molecule has 152 valence electrons. The molecule has 3 aromatic rings. The molecule has 0 bridgehead atoms. The minimum absolute atomic E-state index is 0.817. The summed E-state index contributed by atoms with van der Waals surface area (Å²) in [5.74, 6) is 0. The molecule has 1 nitrogen and oxygen atoms in total. The zero-order valence-corrected chi connectivity index (χ0v) is 18.9. The molecule has 0 atom stereocenters. The van der Waals surface area contributed by atoms with Crippen molar-refractivity contribution in [1.29, 1.82) is 0 Å². The molecule has 0 fully saturated rings. The van der Waals surface area contributed by atoms with E-state index in [9.17, 15) is 0 Å². The maximum absolute atomic E-state index is 5.72. The van der Waals surface area contributed by atoms with Gasteiger partial charge >= 0.3 is 0 Å². The molecule has 1 heteroatoms. The lowest BCUT2D eigenvalue weighted by Crippen LogP contribution is -1.92. The molecule has 0 heterocycles. The first-order valence-corrected chi connectivity index (χ1v) is 10.7. The molecule has 0 saturated heterocycles. The molecule has 2 N–H and O–H groups in total. The van der Waals surface area contributed by atoms with Gasteiger partial charge in [-0.05, 0) is 54.2 Å². The van der Waals surface area contributed by atoms with Crippen molar-refractivity contribution in [3.8, 4) is 0 Å². The second-order valence-electron chi connectivity index (χ2n) is 5.90. The SMILES string of the molecule is CC.CC.CC.Cc1ccc(Cc2ccc(Cc3ccc(N)cc3)cc2)cc1. The smallest absolute Gasteiger partial charge is 0.0314 e. The lowest BCUT2D eigenvalue weighted by molar-refractivity contribution is 1.15.